The summed E-state index contributed by atoms with van der Waals surface area (Å²) in [6, 6.07) is 7.05. The second-order valence-corrected chi connectivity index (χ2v) is 4.72. The van der Waals surface area contributed by atoms with Crippen LogP contribution in [0.15, 0.2) is 35.0 Å². The van der Waals surface area contributed by atoms with Crippen molar-refractivity contribution >= 4 is 17.0 Å². The summed E-state index contributed by atoms with van der Waals surface area (Å²) in [6.07, 6.45) is 1.72. The summed E-state index contributed by atoms with van der Waals surface area (Å²) in [7, 11) is 1.92. The van der Waals surface area contributed by atoms with Gasteiger partial charge in [-0.25, -0.2) is 9.78 Å². The first-order chi connectivity index (χ1) is 9.54. The summed E-state index contributed by atoms with van der Waals surface area (Å²) >= 11 is 0. The van der Waals surface area contributed by atoms with Crippen LogP contribution in [0.2, 0.25) is 0 Å². The Morgan fingerprint density at radius 3 is 2.80 bits per heavy atom. The first kappa shape index (κ1) is 12.5. The van der Waals surface area contributed by atoms with Gasteiger partial charge in [0.2, 0.25) is 0 Å². The van der Waals surface area contributed by atoms with Crippen molar-refractivity contribution in [2.75, 3.05) is 0 Å². The summed E-state index contributed by atoms with van der Waals surface area (Å²) in [5.41, 5.74) is 2.22. The lowest BCUT2D eigenvalue weighted by molar-refractivity contribution is 0.0733. The van der Waals surface area contributed by atoms with E-state index in [0.29, 0.717) is 22.8 Å². The van der Waals surface area contributed by atoms with Gasteiger partial charge in [-0.2, -0.15) is 0 Å². The molecule has 20 heavy (non-hydrogen) atoms. The van der Waals surface area contributed by atoms with Crippen LogP contribution in [-0.2, 0) is 7.05 Å². The number of fused-ring (bicyclic) bond motifs is 1. The molecule has 0 saturated heterocycles. The van der Waals surface area contributed by atoms with E-state index in [1.165, 1.54) is 0 Å². The number of hydrogen-bond donors (Lipinski definition) is 0. The molecule has 2 heterocycles. The van der Waals surface area contributed by atoms with Crippen molar-refractivity contribution in [3.8, 4) is 5.75 Å². The van der Waals surface area contributed by atoms with Crippen molar-refractivity contribution in [2.45, 2.75) is 13.8 Å². The van der Waals surface area contributed by atoms with Gasteiger partial charge in [0.05, 0.1) is 17.4 Å². The van der Waals surface area contributed by atoms with Crippen LogP contribution < -0.4 is 4.74 Å². The Labute approximate surface area is 115 Å². The predicted molar refractivity (Wildman–Crippen MR) is 73.9 cm³/mol. The summed E-state index contributed by atoms with van der Waals surface area (Å²) in [5.74, 6) is 1.30. The van der Waals surface area contributed by atoms with Gasteiger partial charge in [0.25, 0.3) is 0 Å². The van der Waals surface area contributed by atoms with E-state index in [-0.39, 0.29) is 0 Å². The molecule has 0 atom stereocenters. The number of rotatable bonds is 2. The smallest absolute Gasteiger partial charge is 0.347 e. The quantitative estimate of drug-likeness (QED) is 0.530. The van der Waals surface area contributed by atoms with Gasteiger partial charge in [0.15, 0.2) is 0 Å². The first-order valence-electron chi connectivity index (χ1n) is 6.25. The minimum atomic E-state index is -0.422. The number of furan rings is 1. The lowest BCUT2D eigenvalue weighted by atomic mass is 10.2. The molecule has 0 spiro atoms. The molecule has 0 fully saturated rings. The van der Waals surface area contributed by atoms with Crippen LogP contribution in [-0.4, -0.2) is 15.5 Å². The lowest BCUT2D eigenvalue weighted by Crippen LogP contribution is -2.08. The molecule has 5 heteroatoms. The normalized spacial score (nSPS) is 10.9. The average Bonchev–Trinajstić information content (AvgIpc) is 2.93. The molecule has 0 aliphatic rings. The number of hydrogen-bond acceptors (Lipinski definition) is 4. The molecule has 3 aromatic rings. The molecule has 0 radical (unpaired) electrons. The summed E-state index contributed by atoms with van der Waals surface area (Å²) in [4.78, 5) is 16.3. The van der Waals surface area contributed by atoms with Gasteiger partial charge in [-0.1, -0.05) is 0 Å². The highest BCUT2D eigenvalue weighted by atomic mass is 16.5. The van der Waals surface area contributed by atoms with Crippen LogP contribution in [0.5, 0.6) is 5.75 Å². The average molecular weight is 270 g/mol. The van der Waals surface area contributed by atoms with Crippen LogP contribution in [0.25, 0.3) is 11.0 Å². The number of imidazole rings is 1. The van der Waals surface area contributed by atoms with Crippen LogP contribution in [0, 0.1) is 13.8 Å². The number of aromatic nitrogens is 2. The van der Waals surface area contributed by atoms with Crippen molar-refractivity contribution in [1.82, 2.24) is 9.55 Å². The highest BCUT2D eigenvalue weighted by Gasteiger charge is 2.16. The molecule has 0 saturated carbocycles. The molecular weight excluding hydrogens is 256 g/mol. The second-order valence-electron chi connectivity index (χ2n) is 4.72. The van der Waals surface area contributed by atoms with Crippen LogP contribution in [0.3, 0.4) is 0 Å². The highest BCUT2D eigenvalue weighted by Crippen LogP contribution is 2.21. The Hall–Kier alpha value is -2.56. The molecule has 0 N–H and O–H groups in total. The highest BCUT2D eigenvalue weighted by molar-refractivity contribution is 5.92. The zero-order chi connectivity index (χ0) is 14.3. The van der Waals surface area contributed by atoms with E-state index in [1.54, 1.807) is 38.4 Å². The molecule has 0 amide bonds. The third kappa shape index (κ3) is 2.07. The largest absolute Gasteiger partial charge is 0.466 e. The van der Waals surface area contributed by atoms with E-state index < -0.39 is 5.97 Å². The van der Waals surface area contributed by atoms with Crippen molar-refractivity contribution < 1.29 is 13.9 Å². The zero-order valence-corrected chi connectivity index (χ0v) is 11.5. The van der Waals surface area contributed by atoms with Gasteiger partial charge in [-0.3, -0.25) is 0 Å². The Morgan fingerprint density at radius 1 is 1.30 bits per heavy atom. The number of ether oxygens (including phenoxy) is 1. The monoisotopic (exact) mass is 270 g/mol. The summed E-state index contributed by atoms with van der Waals surface area (Å²) in [6.45, 7) is 3.54. The first-order valence-corrected chi connectivity index (χ1v) is 6.25. The molecule has 5 nitrogen and oxygen atoms in total. The van der Waals surface area contributed by atoms with Gasteiger partial charge >= 0.3 is 5.97 Å². The van der Waals surface area contributed by atoms with Crippen LogP contribution >= 0.6 is 0 Å². The molecule has 1 aromatic carbocycles. The fourth-order valence-corrected chi connectivity index (χ4v) is 2.17. The van der Waals surface area contributed by atoms with Gasteiger partial charge in [0.1, 0.15) is 22.8 Å². The maximum Gasteiger partial charge on any atom is 0.347 e. The van der Waals surface area contributed by atoms with Crippen molar-refractivity contribution in [2.24, 2.45) is 7.05 Å². The molecule has 0 unspecified atom stereocenters. The maximum atomic E-state index is 12.1. The van der Waals surface area contributed by atoms with E-state index in [0.717, 1.165) is 11.0 Å². The molecule has 2 aromatic heterocycles. The third-order valence-electron chi connectivity index (χ3n) is 3.17. The minimum absolute atomic E-state index is 0.422. The predicted octanol–water partition coefficient (Wildman–Crippen LogP) is 3.00. The lowest BCUT2D eigenvalue weighted by Gasteiger charge is -2.03. The van der Waals surface area contributed by atoms with Crippen molar-refractivity contribution in [3.05, 3.63) is 47.7 Å². The Balaban J connectivity index is 1.89. The molecule has 102 valence electrons. The van der Waals surface area contributed by atoms with Gasteiger partial charge in [-0.05, 0) is 32.0 Å². The van der Waals surface area contributed by atoms with Gasteiger partial charge < -0.3 is 13.7 Å². The standard InChI is InChI=1S/C15H14N2O3/c1-9-6-12(10(2)19-9)15(18)20-11-4-5-14-13(7-11)16-8-17(14)3/h4-8H,1-3H3. The SMILES string of the molecule is Cc1cc(C(=O)Oc2ccc3c(c2)ncn3C)c(C)o1. The molecular formula is C15H14N2O3. The fourth-order valence-electron chi connectivity index (χ4n) is 2.17. The maximum absolute atomic E-state index is 12.1. The molecule has 0 aliphatic carbocycles. The molecule has 0 bridgehead atoms. The van der Waals surface area contributed by atoms with Gasteiger partial charge in [-0.15, -0.1) is 0 Å². The number of esters is 1. The number of carbonyl (C=O) groups excluding carboxylic acids is 1. The Kier molecular flexibility index (Phi) is 2.82. The number of benzene rings is 1. The minimum Gasteiger partial charge on any atom is -0.466 e. The van der Waals surface area contributed by atoms with E-state index in [2.05, 4.69) is 4.98 Å². The van der Waals surface area contributed by atoms with E-state index in [9.17, 15) is 4.79 Å². The Morgan fingerprint density at radius 2 is 2.10 bits per heavy atom. The van der Waals surface area contributed by atoms with E-state index in [4.69, 9.17) is 9.15 Å². The van der Waals surface area contributed by atoms with Crippen molar-refractivity contribution in [3.63, 3.8) is 0 Å². The number of nitrogens with zero attached hydrogens (tertiary/aromatic N) is 2. The summed E-state index contributed by atoms with van der Waals surface area (Å²) < 4.78 is 12.6. The molecule has 3 rings (SSSR count). The van der Waals surface area contributed by atoms with Crippen LogP contribution in [0.1, 0.15) is 21.9 Å². The molecule has 0 aliphatic heterocycles. The topological polar surface area (TPSA) is 57.3 Å². The number of aryl methyl sites for hydroxylation is 3. The fraction of sp³-hybridized carbons (Fsp3) is 0.200. The van der Waals surface area contributed by atoms with Crippen LogP contribution in [0.4, 0.5) is 0 Å². The zero-order valence-electron chi connectivity index (χ0n) is 11.5. The number of carbonyl (C=O) groups is 1. The third-order valence-corrected chi connectivity index (χ3v) is 3.17. The van der Waals surface area contributed by atoms with Gasteiger partial charge in [0, 0.05) is 13.1 Å². The second kappa shape index (κ2) is 4.52. The Bertz CT molecular complexity index is 799. The van der Waals surface area contributed by atoms with Crippen molar-refractivity contribution in [1.29, 1.82) is 0 Å². The van der Waals surface area contributed by atoms with E-state index >= 15 is 0 Å². The van der Waals surface area contributed by atoms with E-state index in [1.807, 2.05) is 17.7 Å². The summed E-state index contributed by atoms with van der Waals surface area (Å²) in [5, 5.41) is 0.